The van der Waals surface area contributed by atoms with Crippen molar-refractivity contribution in [3.63, 3.8) is 0 Å². The van der Waals surface area contributed by atoms with Gasteiger partial charge in [0, 0.05) is 13.0 Å². The van der Waals surface area contributed by atoms with Gasteiger partial charge in [0.25, 0.3) is 0 Å². The lowest BCUT2D eigenvalue weighted by Crippen LogP contribution is -2.42. The van der Waals surface area contributed by atoms with Gasteiger partial charge in [-0.1, -0.05) is 32.0 Å². The van der Waals surface area contributed by atoms with Crippen molar-refractivity contribution in [3.8, 4) is 0 Å². The van der Waals surface area contributed by atoms with Crippen LogP contribution in [0.2, 0.25) is 0 Å². The summed E-state index contributed by atoms with van der Waals surface area (Å²) >= 11 is 0. The Hall–Kier alpha value is -1.84. The summed E-state index contributed by atoms with van der Waals surface area (Å²) in [6.45, 7) is 7.06. The summed E-state index contributed by atoms with van der Waals surface area (Å²) in [5.74, 6) is 0.404. The Balaban J connectivity index is 1.87. The van der Waals surface area contributed by atoms with Crippen molar-refractivity contribution in [2.75, 3.05) is 6.54 Å². The summed E-state index contributed by atoms with van der Waals surface area (Å²) in [5, 5.41) is 5.60. The maximum atomic E-state index is 11.9. The number of nitrogens with one attached hydrogen (secondary N) is 2. The van der Waals surface area contributed by atoms with Crippen LogP contribution in [-0.2, 0) is 16.0 Å². The Bertz CT molecular complexity index is 538. The van der Waals surface area contributed by atoms with Crippen molar-refractivity contribution >= 4 is 11.8 Å². The van der Waals surface area contributed by atoms with Gasteiger partial charge in [-0.2, -0.15) is 0 Å². The predicted molar refractivity (Wildman–Crippen MR) is 83.1 cm³/mol. The van der Waals surface area contributed by atoms with Gasteiger partial charge in [0.2, 0.25) is 11.8 Å². The molecule has 1 aromatic rings. The molecule has 4 nitrogen and oxygen atoms in total. The van der Waals surface area contributed by atoms with E-state index in [9.17, 15) is 9.59 Å². The SMILES string of the molecule is Cc1ccc(C(C)C)cc1CCNC(=O)C1CCC(=O)N1. The van der Waals surface area contributed by atoms with Crippen molar-refractivity contribution < 1.29 is 9.59 Å². The van der Waals surface area contributed by atoms with E-state index in [2.05, 4.69) is 49.6 Å². The zero-order chi connectivity index (χ0) is 15.4. The molecule has 1 aliphatic rings. The van der Waals surface area contributed by atoms with Gasteiger partial charge in [0.1, 0.15) is 6.04 Å². The van der Waals surface area contributed by atoms with Gasteiger partial charge in [0.05, 0.1) is 0 Å². The van der Waals surface area contributed by atoms with Gasteiger partial charge in [-0.3, -0.25) is 9.59 Å². The van der Waals surface area contributed by atoms with Crippen LogP contribution in [0.3, 0.4) is 0 Å². The third-order valence-corrected chi connectivity index (χ3v) is 4.05. The van der Waals surface area contributed by atoms with E-state index in [4.69, 9.17) is 0 Å². The van der Waals surface area contributed by atoms with E-state index in [1.807, 2.05) is 0 Å². The fourth-order valence-electron chi connectivity index (χ4n) is 2.57. The lowest BCUT2D eigenvalue weighted by molar-refractivity contribution is -0.125. The normalized spacial score (nSPS) is 17.9. The highest BCUT2D eigenvalue weighted by atomic mass is 16.2. The molecule has 2 N–H and O–H groups in total. The van der Waals surface area contributed by atoms with Gasteiger partial charge < -0.3 is 10.6 Å². The number of benzene rings is 1. The summed E-state index contributed by atoms with van der Waals surface area (Å²) in [6.07, 6.45) is 1.87. The van der Waals surface area contributed by atoms with Crippen LogP contribution in [0.4, 0.5) is 0 Å². The number of carbonyl (C=O) groups is 2. The standard InChI is InChI=1S/C17H24N2O2/c1-11(2)13-5-4-12(3)14(10-13)8-9-18-17(21)15-6-7-16(20)19-15/h4-5,10-11,15H,6-9H2,1-3H3,(H,18,21)(H,19,20). The van der Waals surface area contributed by atoms with Crippen molar-refractivity contribution in [2.24, 2.45) is 0 Å². The topological polar surface area (TPSA) is 58.2 Å². The Morgan fingerprint density at radius 1 is 1.43 bits per heavy atom. The minimum atomic E-state index is -0.347. The fourth-order valence-corrected chi connectivity index (χ4v) is 2.57. The van der Waals surface area contributed by atoms with Gasteiger partial charge in [-0.05, 0) is 42.4 Å². The van der Waals surface area contributed by atoms with Crippen LogP contribution in [0, 0.1) is 6.92 Å². The highest BCUT2D eigenvalue weighted by Gasteiger charge is 2.26. The minimum absolute atomic E-state index is 0.0318. The highest BCUT2D eigenvalue weighted by molar-refractivity contribution is 5.90. The first-order valence-corrected chi connectivity index (χ1v) is 7.64. The second kappa shape index (κ2) is 6.74. The zero-order valence-electron chi connectivity index (χ0n) is 13.0. The number of carbonyl (C=O) groups excluding carboxylic acids is 2. The molecule has 0 saturated carbocycles. The average molecular weight is 288 g/mol. The van der Waals surface area contributed by atoms with E-state index in [0.717, 1.165) is 6.42 Å². The molecule has 0 radical (unpaired) electrons. The van der Waals surface area contributed by atoms with Gasteiger partial charge in [0.15, 0.2) is 0 Å². The summed E-state index contributed by atoms with van der Waals surface area (Å²) in [7, 11) is 0. The second-order valence-electron chi connectivity index (χ2n) is 6.04. The molecular formula is C17H24N2O2. The Morgan fingerprint density at radius 3 is 2.81 bits per heavy atom. The quantitative estimate of drug-likeness (QED) is 0.871. The average Bonchev–Trinajstić information content (AvgIpc) is 2.87. The lowest BCUT2D eigenvalue weighted by Gasteiger charge is -2.13. The molecule has 1 unspecified atom stereocenters. The van der Waals surface area contributed by atoms with E-state index >= 15 is 0 Å². The first-order valence-electron chi connectivity index (χ1n) is 7.64. The number of aryl methyl sites for hydroxylation is 1. The van der Waals surface area contributed by atoms with Crippen LogP contribution < -0.4 is 10.6 Å². The van der Waals surface area contributed by atoms with E-state index < -0.39 is 0 Å². The van der Waals surface area contributed by atoms with Gasteiger partial charge in [-0.15, -0.1) is 0 Å². The Labute approximate surface area is 126 Å². The Kier molecular flexibility index (Phi) is 4.99. The molecule has 4 heteroatoms. The minimum Gasteiger partial charge on any atom is -0.354 e. The van der Waals surface area contributed by atoms with Crippen LogP contribution >= 0.6 is 0 Å². The number of rotatable bonds is 5. The molecule has 0 aliphatic carbocycles. The van der Waals surface area contributed by atoms with Crippen LogP contribution in [-0.4, -0.2) is 24.4 Å². The summed E-state index contributed by atoms with van der Waals surface area (Å²) < 4.78 is 0. The number of hydrogen-bond donors (Lipinski definition) is 2. The smallest absolute Gasteiger partial charge is 0.242 e. The van der Waals surface area contributed by atoms with Gasteiger partial charge >= 0.3 is 0 Å². The van der Waals surface area contributed by atoms with Crippen molar-refractivity contribution in [2.45, 2.75) is 52.0 Å². The first kappa shape index (κ1) is 15.5. The van der Waals surface area contributed by atoms with Crippen LogP contribution in [0.15, 0.2) is 18.2 Å². The summed E-state index contributed by atoms with van der Waals surface area (Å²) in [5.41, 5.74) is 3.85. The van der Waals surface area contributed by atoms with E-state index in [-0.39, 0.29) is 17.9 Å². The fraction of sp³-hybridized carbons (Fsp3) is 0.529. The highest BCUT2D eigenvalue weighted by Crippen LogP contribution is 2.18. The molecule has 21 heavy (non-hydrogen) atoms. The maximum Gasteiger partial charge on any atom is 0.242 e. The number of amides is 2. The summed E-state index contributed by atoms with van der Waals surface area (Å²) in [6, 6.07) is 6.18. The van der Waals surface area contributed by atoms with Crippen molar-refractivity contribution in [3.05, 3.63) is 34.9 Å². The van der Waals surface area contributed by atoms with Crippen molar-refractivity contribution in [1.29, 1.82) is 0 Å². The predicted octanol–water partition coefficient (Wildman–Crippen LogP) is 2.06. The molecule has 1 heterocycles. The van der Waals surface area contributed by atoms with Crippen LogP contribution in [0.5, 0.6) is 0 Å². The van der Waals surface area contributed by atoms with E-state index in [0.29, 0.717) is 25.3 Å². The third-order valence-electron chi connectivity index (χ3n) is 4.05. The molecular weight excluding hydrogens is 264 g/mol. The summed E-state index contributed by atoms with van der Waals surface area (Å²) in [4.78, 5) is 23.0. The van der Waals surface area contributed by atoms with Gasteiger partial charge in [-0.25, -0.2) is 0 Å². The molecule has 0 bridgehead atoms. The zero-order valence-corrected chi connectivity index (χ0v) is 13.0. The molecule has 2 amide bonds. The molecule has 1 fully saturated rings. The molecule has 0 aromatic heterocycles. The molecule has 1 atom stereocenters. The Morgan fingerprint density at radius 2 is 2.19 bits per heavy atom. The molecule has 114 valence electrons. The molecule has 1 aromatic carbocycles. The molecule has 1 saturated heterocycles. The van der Waals surface area contributed by atoms with Crippen LogP contribution in [0.1, 0.15) is 49.3 Å². The number of hydrogen-bond acceptors (Lipinski definition) is 2. The molecule has 1 aliphatic heterocycles. The monoisotopic (exact) mass is 288 g/mol. The lowest BCUT2D eigenvalue weighted by atomic mass is 9.96. The maximum absolute atomic E-state index is 11.9. The van der Waals surface area contributed by atoms with Crippen LogP contribution in [0.25, 0.3) is 0 Å². The molecule has 0 spiro atoms. The van der Waals surface area contributed by atoms with E-state index in [1.54, 1.807) is 0 Å². The van der Waals surface area contributed by atoms with Crippen molar-refractivity contribution in [1.82, 2.24) is 10.6 Å². The first-order chi connectivity index (χ1) is 9.97. The molecule has 2 rings (SSSR count). The van der Waals surface area contributed by atoms with E-state index in [1.165, 1.54) is 16.7 Å². The largest absolute Gasteiger partial charge is 0.354 e. The second-order valence-corrected chi connectivity index (χ2v) is 6.04. The third kappa shape index (κ3) is 4.06.